The summed E-state index contributed by atoms with van der Waals surface area (Å²) in [6.45, 7) is 5.73. The third kappa shape index (κ3) is 3.63. The molecule has 0 radical (unpaired) electrons. The van der Waals surface area contributed by atoms with E-state index in [0.717, 1.165) is 16.9 Å². The minimum absolute atomic E-state index is 0.0862. The van der Waals surface area contributed by atoms with E-state index in [2.05, 4.69) is 5.32 Å². The molecular weight excluding hydrogens is 238 g/mol. The van der Waals surface area contributed by atoms with E-state index in [1.807, 2.05) is 39.0 Å². The van der Waals surface area contributed by atoms with E-state index in [1.54, 1.807) is 7.11 Å². The Hall–Kier alpha value is -1.22. The van der Waals surface area contributed by atoms with Gasteiger partial charge in [0.25, 0.3) is 0 Å². The van der Waals surface area contributed by atoms with Crippen molar-refractivity contribution in [2.24, 2.45) is 0 Å². The lowest BCUT2D eigenvalue weighted by molar-refractivity contribution is -0.121. The van der Waals surface area contributed by atoms with Gasteiger partial charge in [0.2, 0.25) is 5.91 Å². The minimum Gasteiger partial charge on any atom is -0.496 e. The average molecular weight is 256 g/mol. The van der Waals surface area contributed by atoms with E-state index >= 15 is 0 Å². The first kappa shape index (κ1) is 13.8. The highest BCUT2D eigenvalue weighted by Crippen LogP contribution is 2.26. The Morgan fingerprint density at radius 1 is 1.41 bits per heavy atom. The van der Waals surface area contributed by atoms with Crippen LogP contribution >= 0.6 is 11.6 Å². The summed E-state index contributed by atoms with van der Waals surface area (Å²) in [6.07, 6.45) is 0. The van der Waals surface area contributed by atoms with Gasteiger partial charge in [-0.25, -0.2) is 0 Å². The molecule has 0 aliphatic rings. The fourth-order valence-corrected chi connectivity index (χ4v) is 1.77. The highest BCUT2D eigenvalue weighted by molar-refractivity contribution is 6.30. The standard InChI is InChI=1S/C13H18ClNO2/c1-8(2)15-13(16)12(14)10-5-6-11(17-4)9(3)7-10/h5-8,12H,1-4H3,(H,15,16). The molecule has 0 bridgehead atoms. The fraction of sp³-hybridized carbons (Fsp3) is 0.462. The number of hydrogen-bond donors (Lipinski definition) is 1. The number of ether oxygens (including phenoxy) is 1. The maximum atomic E-state index is 11.7. The first-order valence-electron chi connectivity index (χ1n) is 5.54. The lowest BCUT2D eigenvalue weighted by atomic mass is 10.1. The third-order valence-electron chi connectivity index (χ3n) is 2.37. The van der Waals surface area contributed by atoms with Crippen molar-refractivity contribution in [1.29, 1.82) is 0 Å². The smallest absolute Gasteiger partial charge is 0.242 e. The molecule has 0 aromatic heterocycles. The van der Waals surface area contributed by atoms with Gasteiger partial charge in [-0.1, -0.05) is 12.1 Å². The lowest BCUT2D eigenvalue weighted by Gasteiger charge is -2.14. The van der Waals surface area contributed by atoms with Gasteiger partial charge in [-0.3, -0.25) is 4.79 Å². The summed E-state index contributed by atoms with van der Waals surface area (Å²) in [5.41, 5.74) is 1.75. The number of nitrogens with one attached hydrogen (secondary N) is 1. The van der Waals surface area contributed by atoms with Gasteiger partial charge in [0.15, 0.2) is 0 Å². The summed E-state index contributed by atoms with van der Waals surface area (Å²) in [5, 5.41) is 2.12. The molecular formula is C13H18ClNO2. The van der Waals surface area contributed by atoms with Crippen molar-refractivity contribution in [3.05, 3.63) is 29.3 Å². The van der Waals surface area contributed by atoms with Crippen LogP contribution in [0, 0.1) is 6.92 Å². The van der Waals surface area contributed by atoms with Crippen LogP contribution in [-0.2, 0) is 4.79 Å². The quantitative estimate of drug-likeness (QED) is 0.841. The van der Waals surface area contributed by atoms with E-state index in [0.29, 0.717) is 0 Å². The van der Waals surface area contributed by atoms with Crippen molar-refractivity contribution < 1.29 is 9.53 Å². The topological polar surface area (TPSA) is 38.3 Å². The van der Waals surface area contributed by atoms with Crippen molar-refractivity contribution in [1.82, 2.24) is 5.32 Å². The number of aryl methyl sites for hydroxylation is 1. The summed E-state index contributed by atoms with van der Waals surface area (Å²) in [6, 6.07) is 5.59. The van der Waals surface area contributed by atoms with Crippen LogP contribution in [0.15, 0.2) is 18.2 Å². The summed E-state index contributed by atoms with van der Waals surface area (Å²) in [7, 11) is 1.62. The molecule has 94 valence electrons. The molecule has 0 fully saturated rings. The number of methoxy groups -OCH3 is 1. The molecule has 0 aliphatic carbocycles. The fourth-order valence-electron chi connectivity index (χ4n) is 1.57. The van der Waals surface area contributed by atoms with Crippen molar-refractivity contribution in [3.63, 3.8) is 0 Å². The Bertz CT molecular complexity index is 404. The minimum atomic E-state index is -0.665. The highest BCUT2D eigenvalue weighted by atomic mass is 35.5. The van der Waals surface area contributed by atoms with Gasteiger partial charge < -0.3 is 10.1 Å². The predicted molar refractivity (Wildman–Crippen MR) is 69.6 cm³/mol. The maximum Gasteiger partial charge on any atom is 0.242 e. The van der Waals surface area contributed by atoms with Crippen molar-refractivity contribution in [3.8, 4) is 5.75 Å². The normalized spacial score (nSPS) is 12.4. The molecule has 0 aliphatic heterocycles. The van der Waals surface area contributed by atoms with Gasteiger partial charge in [0, 0.05) is 6.04 Å². The van der Waals surface area contributed by atoms with Crippen LogP contribution < -0.4 is 10.1 Å². The number of halogens is 1. The van der Waals surface area contributed by atoms with E-state index < -0.39 is 5.38 Å². The van der Waals surface area contributed by atoms with Crippen LogP contribution in [0.2, 0.25) is 0 Å². The van der Waals surface area contributed by atoms with Crippen LogP contribution in [0.3, 0.4) is 0 Å². The number of alkyl halides is 1. The third-order valence-corrected chi connectivity index (χ3v) is 2.82. The number of rotatable bonds is 4. The molecule has 4 heteroatoms. The van der Waals surface area contributed by atoms with E-state index in [4.69, 9.17) is 16.3 Å². The molecule has 3 nitrogen and oxygen atoms in total. The van der Waals surface area contributed by atoms with Gasteiger partial charge in [-0.15, -0.1) is 11.6 Å². The molecule has 1 rings (SSSR count). The second-order valence-corrected chi connectivity index (χ2v) is 4.69. The summed E-state index contributed by atoms with van der Waals surface area (Å²) >= 11 is 6.12. The van der Waals surface area contributed by atoms with Crippen molar-refractivity contribution in [2.45, 2.75) is 32.2 Å². The molecule has 1 unspecified atom stereocenters. The van der Waals surface area contributed by atoms with Gasteiger partial charge in [-0.2, -0.15) is 0 Å². The number of amides is 1. The largest absolute Gasteiger partial charge is 0.496 e. The van der Waals surface area contributed by atoms with E-state index in [-0.39, 0.29) is 11.9 Å². The molecule has 1 amide bonds. The molecule has 0 spiro atoms. The molecule has 0 saturated heterocycles. The zero-order valence-electron chi connectivity index (χ0n) is 10.6. The van der Waals surface area contributed by atoms with Crippen LogP contribution in [0.4, 0.5) is 0 Å². The van der Waals surface area contributed by atoms with Crippen LogP contribution in [0.25, 0.3) is 0 Å². The molecule has 0 saturated carbocycles. The van der Waals surface area contributed by atoms with Crippen molar-refractivity contribution in [2.75, 3.05) is 7.11 Å². The number of carbonyl (C=O) groups is 1. The lowest BCUT2D eigenvalue weighted by Crippen LogP contribution is -2.32. The first-order chi connectivity index (χ1) is 7.95. The first-order valence-corrected chi connectivity index (χ1v) is 5.98. The molecule has 1 atom stereocenters. The van der Waals surface area contributed by atoms with Crippen molar-refractivity contribution >= 4 is 17.5 Å². The van der Waals surface area contributed by atoms with Gasteiger partial charge in [0.05, 0.1) is 7.11 Å². The zero-order valence-corrected chi connectivity index (χ0v) is 11.3. The Balaban J connectivity index is 2.85. The van der Waals surface area contributed by atoms with Crippen LogP contribution in [0.1, 0.15) is 30.4 Å². The number of hydrogen-bond acceptors (Lipinski definition) is 2. The Kier molecular flexibility index (Phi) is 4.82. The van der Waals surface area contributed by atoms with Crippen LogP contribution in [0.5, 0.6) is 5.75 Å². The molecule has 1 aromatic carbocycles. The van der Waals surface area contributed by atoms with E-state index in [9.17, 15) is 4.79 Å². The Labute approximate surface area is 107 Å². The highest BCUT2D eigenvalue weighted by Gasteiger charge is 2.18. The van der Waals surface area contributed by atoms with E-state index in [1.165, 1.54) is 0 Å². The Morgan fingerprint density at radius 2 is 2.06 bits per heavy atom. The molecule has 17 heavy (non-hydrogen) atoms. The number of benzene rings is 1. The SMILES string of the molecule is COc1ccc(C(Cl)C(=O)NC(C)C)cc1C. The maximum absolute atomic E-state index is 11.7. The second kappa shape index (κ2) is 5.92. The monoisotopic (exact) mass is 255 g/mol. The average Bonchev–Trinajstić information content (AvgIpc) is 2.27. The van der Waals surface area contributed by atoms with Gasteiger partial charge in [0.1, 0.15) is 11.1 Å². The van der Waals surface area contributed by atoms with Gasteiger partial charge in [-0.05, 0) is 38.0 Å². The molecule has 0 heterocycles. The second-order valence-electron chi connectivity index (χ2n) is 4.25. The molecule has 1 aromatic rings. The summed E-state index contributed by atoms with van der Waals surface area (Å²) in [4.78, 5) is 11.7. The van der Waals surface area contributed by atoms with Crippen LogP contribution in [-0.4, -0.2) is 19.1 Å². The zero-order chi connectivity index (χ0) is 13.0. The summed E-state index contributed by atoms with van der Waals surface area (Å²) in [5.74, 6) is 0.619. The van der Waals surface area contributed by atoms with Gasteiger partial charge >= 0.3 is 0 Å². The predicted octanol–water partition coefficient (Wildman–Crippen LogP) is 2.81. The number of carbonyl (C=O) groups excluding carboxylic acids is 1. The molecule has 1 N–H and O–H groups in total. The summed E-state index contributed by atoms with van der Waals surface area (Å²) < 4.78 is 5.16. The Morgan fingerprint density at radius 3 is 2.53 bits per heavy atom.